The number of amides is 2. The van der Waals surface area contributed by atoms with E-state index in [1.165, 1.54) is 0 Å². The van der Waals surface area contributed by atoms with Crippen molar-refractivity contribution in [2.45, 2.75) is 6.92 Å². The van der Waals surface area contributed by atoms with Gasteiger partial charge in [0.25, 0.3) is 11.8 Å². The lowest BCUT2D eigenvalue weighted by atomic mass is 10.3. The first-order valence-corrected chi connectivity index (χ1v) is 8.68. The predicted octanol–water partition coefficient (Wildman–Crippen LogP) is 3.79. The molecule has 0 aliphatic heterocycles. The van der Waals surface area contributed by atoms with Crippen molar-refractivity contribution in [3.63, 3.8) is 0 Å². The minimum atomic E-state index is -0.514. The van der Waals surface area contributed by atoms with Gasteiger partial charge in [-0.15, -0.1) is 0 Å². The highest BCUT2D eigenvalue weighted by molar-refractivity contribution is 6.30. The second-order valence-electron chi connectivity index (χ2n) is 5.98. The molecule has 0 fully saturated rings. The summed E-state index contributed by atoms with van der Waals surface area (Å²) in [5, 5.41) is 9.65. The first kappa shape index (κ1) is 17.7. The minimum Gasteiger partial charge on any atom is -0.360 e. The van der Waals surface area contributed by atoms with E-state index >= 15 is 0 Å². The fraction of sp³-hybridized carbons (Fsp3) is 0.0526. The molecule has 1 aromatic carbocycles. The summed E-state index contributed by atoms with van der Waals surface area (Å²) in [6.07, 6.45) is 1.66. The Morgan fingerprint density at radius 3 is 2.57 bits per heavy atom. The number of rotatable bonds is 4. The molecule has 140 valence electrons. The lowest BCUT2D eigenvalue weighted by Gasteiger charge is -2.03. The second kappa shape index (κ2) is 7.16. The van der Waals surface area contributed by atoms with Crippen LogP contribution in [0, 0.1) is 6.92 Å². The lowest BCUT2D eigenvalue weighted by Crippen LogP contribution is -2.16. The summed E-state index contributed by atoms with van der Waals surface area (Å²) in [7, 11) is 0. The minimum absolute atomic E-state index is 0.0532. The number of anilines is 2. The monoisotopic (exact) mass is 395 g/mol. The van der Waals surface area contributed by atoms with Crippen LogP contribution in [-0.2, 0) is 0 Å². The Hall–Kier alpha value is -3.65. The van der Waals surface area contributed by atoms with Crippen LogP contribution in [0.1, 0.15) is 26.9 Å². The average Bonchev–Trinajstić information content (AvgIpc) is 3.27. The summed E-state index contributed by atoms with van der Waals surface area (Å²) in [5.74, 6) is -0.0754. The first-order valence-electron chi connectivity index (χ1n) is 8.30. The van der Waals surface area contributed by atoms with E-state index in [0.29, 0.717) is 22.0 Å². The van der Waals surface area contributed by atoms with Crippen molar-refractivity contribution >= 4 is 40.4 Å². The van der Waals surface area contributed by atoms with Gasteiger partial charge >= 0.3 is 0 Å². The summed E-state index contributed by atoms with van der Waals surface area (Å²) in [4.78, 5) is 29.6. The molecule has 0 aliphatic carbocycles. The highest BCUT2D eigenvalue weighted by Crippen LogP contribution is 2.18. The number of hydrogen-bond acceptors (Lipinski definition) is 5. The lowest BCUT2D eigenvalue weighted by molar-refractivity contribution is 0.101. The SMILES string of the molecule is Cc1cc(NC(=O)c2nc(C(=O)Nc3ccc(Cl)cc3)c3ccccn23)no1. The molecule has 2 N–H and O–H groups in total. The van der Waals surface area contributed by atoms with Gasteiger partial charge < -0.3 is 15.2 Å². The van der Waals surface area contributed by atoms with Crippen LogP contribution < -0.4 is 10.6 Å². The zero-order chi connectivity index (χ0) is 19.7. The van der Waals surface area contributed by atoms with Crippen LogP contribution in [0.15, 0.2) is 59.3 Å². The number of nitrogens with one attached hydrogen (secondary N) is 2. The molecule has 28 heavy (non-hydrogen) atoms. The van der Waals surface area contributed by atoms with E-state index in [9.17, 15) is 9.59 Å². The summed E-state index contributed by atoms with van der Waals surface area (Å²) < 4.78 is 6.48. The van der Waals surface area contributed by atoms with Crippen LogP contribution in [0.25, 0.3) is 5.52 Å². The van der Waals surface area contributed by atoms with E-state index in [4.69, 9.17) is 16.1 Å². The van der Waals surface area contributed by atoms with Crippen molar-refractivity contribution < 1.29 is 14.1 Å². The first-order chi connectivity index (χ1) is 13.5. The molecule has 0 bridgehead atoms. The number of aryl methyl sites for hydroxylation is 1. The smallest absolute Gasteiger partial charge is 0.293 e. The number of aromatic nitrogens is 3. The van der Waals surface area contributed by atoms with Gasteiger partial charge in [0.05, 0.1) is 5.52 Å². The molecule has 2 amide bonds. The molecular weight excluding hydrogens is 382 g/mol. The molecule has 0 spiro atoms. The fourth-order valence-corrected chi connectivity index (χ4v) is 2.81. The zero-order valence-corrected chi connectivity index (χ0v) is 15.4. The predicted molar refractivity (Wildman–Crippen MR) is 104 cm³/mol. The molecule has 0 radical (unpaired) electrons. The number of halogens is 1. The van der Waals surface area contributed by atoms with Crippen molar-refractivity contribution in [1.82, 2.24) is 14.5 Å². The van der Waals surface area contributed by atoms with Crippen LogP contribution in [0.4, 0.5) is 11.5 Å². The standard InChI is InChI=1S/C19H14ClN5O3/c1-11-10-15(24-28-11)22-19(27)17-23-16(14-4-2-3-9-25(14)17)18(26)21-13-7-5-12(20)6-8-13/h2-10H,1H3,(H,21,26)(H,22,24,27). The van der Waals surface area contributed by atoms with Crippen molar-refractivity contribution in [3.05, 3.63) is 77.0 Å². The number of fused-ring (bicyclic) bond motifs is 1. The van der Waals surface area contributed by atoms with E-state index < -0.39 is 11.8 Å². The summed E-state index contributed by atoms with van der Waals surface area (Å²) in [6.45, 7) is 1.72. The molecule has 4 rings (SSSR count). The Balaban J connectivity index is 1.66. The van der Waals surface area contributed by atoms with Gasteiger partial charge in [-0.05, 0) is 43.3 Å². The van der Waals surface area contributed by atoms with Gasteiger partial charge in [-0.1, -0.05) is 22.8 Å². The van der Waals surface area contributed by atoms with Gasteiger partial charge in [0, 0.05) is 23.0 Å². The molecule has 9 heteroatoms. The fourth-order valence-electron chi connectivity index (χ4n) is 2.69. The Kier molecular flexibility index (Phi) is 4.54. The van der Waals surface area contributed by atoms with Gasteiger partial charge in [0.1, 0.15) is 5.76 Å². The molecule has 3 aromatic heterocycles. The van der Waals surface area contributed by atoms with Crippen LogP contribution in [0.2, 0.25) is 5.02 Å². The van der Waals surface area contributed by atoms with E-state index in [1.54, 1.807) is 66.1 Å². The number of carbonyl (C=O) groups excluding carboxylic acids is 2. The number of hydrogen-bond donors (Lipinski definition) is 2. The summed E-state index contributed by atoms with van der Waals surface area (Å²) in [6, 6.07) is 13.5. The van der Waals surface area contributed by atoms with Gasteiger partial charge in [-0.3, -0.25) is 14.0 Å². The van der Waals surface area contributed by atoms with Crippen molar-refractivity contribution in [2.75, 3.05) is 10.6 Å². The quantitative estimate of drug-likeness (QED) is 0.547. The normalized spacial score (nSPS) is 10.8. The highest BCUT2D eigenvalue weighted by atomic mass is 35.5. The number of nitrogens with zero attached hydrogens (tertiary/aromatic N) is 3. The maximum Gasteiger partial charge on any atom is 0.293 e. The van der Waals surface area contributed by atoms with Crippen LogP contribution in [0.5, 0.6) is 0 Å². The topological polar surface area (TPSA) is 102 Å². The molecule has 0 aliphatic rings. The number of imidazole rings is 1. The third kappa shape index (κ3) is 3.45. The molecular formula is C19H14ClN5O3. The van der Waals surface area contributed by atoms with Gasteiger partial charge in [0.15, 0.2) is 11.5 Å². The molecule has 0 atom stereocenters. The molecule has 8 nitrogen and oxygen atoms in total. The highest BCUT2D eigenvalue weighted by Gasteiger charge is 2.22. The number of benzene rings is 1. The third-order valence-corrected chi connectivity index (χ3v) is 4.19. The third-order valence-electron chi connectivity index (χ3n) is 3.94. The maximum absolute atomic E-state index is 12.7. The van der Waals surface area contributed by atoms with Gasteiger partial charge in [0.2, 0.25) is 5.82 Å². The average molecular weight is 396 g/mol. The molecule has 0 unspecified atom stereocenters. The number of carbonyl (C=O) groups is 2. The van der Waals surface area contributed by atoms with Crippen LogP contribution >= 0.6 is 11.6 Å². The Morgan fingerprint density at radius 1 is 1.07 bits per heavy atom. The van der Waals surface area contributed by atoms with Crippen LogP contribution in [0.3, 0.4) is 0 Å². The van der Waals surface area contributed by atoms with Crippen molar-refractivity contribution in [1.29, 1.82) is 0 Å². The van der Waals surface area contributed by atoms with Gasteiger partial charge in [-0.2, -0.15) is 0 Å². The molecule has 0 saturated carbocycles. The molecule has 4 aromatic rings. The molecule has 3 heterocycles. The van der Waals surface area contributed by atoms with E-state index in [2.05, 4.69) is 20.8 Å². The largest absolute Gasteiger partial charge is 0.360 e. The maximum atomic E-state index is 12.7. The van der Waals surface area contributed by atoms with Crippen molar-refractivity contribution in [3.8, 4) is 0 Å². The van der Waals surface area contributed by atoms with Crippen LogP contribution in [-0.4, -0.2) is 26.4 Å². The van der Waals surface area contributed by atoms with Crippen molar-refractivity contribution in [2.24, 2.45) is 0 Å². The van der Waals surface area contributed by atoms with E-state index in [1.807, 2.05) is 0 Å². The number of pyridine rings is 1. The zero-order valence-electron chi connectivity index (χ0n) is 14.6. The van der Waals surface area contributed by atoms with E-state index in [0.717, 1.165) is 0 Å². The second-order valence-corrected chi connectivity index (χ2v) is 6.41. The summed E-state index contributed by atoms with van der Waals surface area (Å²) >= 11 is 5.86. The summed E-state index contributed by atoms with van der Waals surface area (Å²) in [5.41, 5.74) is 1.18. The van der Waals surface area contributed by atoms with Gasteiger partial charge in [-0.25, -0.2) is 4.98 Å². The van der Waals surface area contributed by atoms with E-state index in [-0.39, 0.29) is 17.3 Å². The Labute approximate surface area is 164 Å². The Bertz CT molecular complexity index is 1180. The Morgan fingerprint density at radius 2 is 1.86 bits per heavy atom. The molecule has 0 saturated heterocycles.